The zero-order valence-corrected chi connectivity index (χ0v) is 19.5. The van der Waals surface area contributed by atoms with Crippen molar-refractivity contribution in [3.05, 3.63) is 108 Å². The average Bonchev–Trinajstić information content (AvgIpc) is 2.90. The van der Waals surface area contributed by atoms with Crippen molar-refractivity contribution in [1.29, 1.82) is 0 Å². The molecule has 5 nitrogen and oxygen atoms in total. The first kappa shape index (κ1) is 25.1. The summed E-state index contributed by atoms with van der Waals surface area (Å²) >= 11 is 0. The molecule has 1 unspecified atom stereocenters. The number of methoxy groups -OCH3 is 2. The van der Waals surface area contributed by atoms with Crippen molar-refractivity contribution in [2.75, 3.05) is 14.2 Å². The molecule has 4 aromatic rings. The predicted molar refractivity (Wildman–Crippen MR) is 130 cm³/mol. The third kappa shape index (κ3) is 4.72. The molecule has 4 aromatic carbocycles. The molecule has 0 aromatic heterocycles. The van der Waals surface area contributed by atoms with E-state index in [-0.39, 0.29) is 11.1 Å². The first-order valence-corrected chi connectivity index (χ1v) is 11.0. The highest BCUT2D eigenvalue weighted by atomic mass is 19.4. The van der Waals surface area contributed by atoms with Crippen molar-refractivity contribution in [3.8, 4) is 11.5 Å². The zero-order chi connectivity index (χ0) is 25.9. The van der Waals surface area contributed by atoms with E-state index in [9.17, 15) is 23.1 Å². The number of benzene rings is 4. The van der Waals surface area contributed by atoms with Gasteiger partial charge in [-0.1, -0.05) is 66.7 Å². The quantitative estimate of drug-likeness (QED) is 0.355. The second-order valence-corrected chi connectivity index (χ2v) is 8.20. The third-order valence-electron chi connectivity index (χ3n) is 6.10. The van der Waals surface area contributed by atoms with Gasteiger partial charge in [-0.25, -0.2) is 0 Å². The second kappa shape index (κ2) is 9.91. The summed E-state index contributed by atoms with van der Waals surface area (Å²) in [5.41, 5.74) is -1.42. The molecule has 186 valence electrons. The molecule has 0 spiro atoms. The fourth-order valence-corrected chi connectivity index (χ4v) is 4.34. The van der Waals surface area contributed by atoms with E-state index in [0.29, 0.717) is 22.4 Å². The van der Waals surface area contributed by atoms with Gasteiger partial charge in [-0.3, -0.25) is 4.79 Å². The summed E-state index contributed by atoms with van der Waals surface area (Å²) in [5.74, 6) is -1.41. The lowest BCUT2D eigenvalue weighted by molar-refractivity contribution is -0.176. The highest BCUT2D eigenvalue weighted by Crippen LogP contribution is 2.45. The van der Waals surface area contributed by atoms with Crippen LogP contribution in [0.2, 0.25) is 0 Å². The highest BCUT2D eigenvalue weighted by molar-refractivity contribution is 5.88. The Morgan fingerprint density at radius 2 is 1.33 bits per heavy atom. The van der Waals surface area contributed by atoms with E-state index in [1.807, 2.05) is 0 Å². The Morgan fingerprint density at radius 1 is 0.806 bits per heavy atom. The summed E-state index contributed by atoms with van der Waals surface area (Å²) in [7, 11) is 2.88. The van der Waals surface area contributed by atoms with Crippen LogP contribution >= 0.6 is 0 Å². The molecule has 0 bridgehead atoms. The van der Waals surface area contributed by atoms with Gasteiger partial charge in [0.05, 0.1) is 20.3 Å². The van der Waals surface area contributed by atoms with Crippen LogP contribution in [-0.4, -0.2) is 31.4 Å². The van der Waals surface area contributed by atoms with Gasteiger partial charge in [0.25, 0.3) is 0 Å². The topological polar surface area (TPSA) is 67.8 Å². The lowest BCUT2D eigenvalue weighted by Crippen LogP contribution is -2.48. The summed E-state index contributed by atoms with van der Waals surface area (Å²) < 4.78 is 51.2. The Bertz CT molecular complexity index is 1330. The Hall–Kier alpha value is -4.04. The van der Waals surface area contributed by atoms with E-state index in [4.69, 9.17) is 9.47 Å². The number of rotatable bonds is 7. The van der Waals surface area contributed by atoms with Crippen LogP contribution < -0.4 is 14.8 Å². The number of hydrogen-bond acceptors (Lipinski definition) is 4. The molecule has 0 aliphatic carbocycles. The number of amides is 1. The molecule has 4 rings (SSSR count). The molecule has 0 saturated carbocycles. The van der Waals surface area contributed by atoms with E-state index >= 15 is 0 Å². The molecule has 0 fully saturated rings. The molecule has 0 aliphatic heterocycles. The van der Waals surface area contributed by atoms with E-state index < -0.39 is 23.7 Å². The maximum Gasteiger partial charge on any atom is 0.471 e. The van der Waals surface area contributed by atoms with E-state index in [2.05, 4.69) is 5.32 Å². The SMILES string of the molecule is COc1cccc(C(O)(c2cccc(OC)c2)C(NC(=O)C(F)(F)F)c2cccc3ccccc23)c1. The Balaban J connectivity index is 2.06. The van der Waals surface area contributed by atoms with Crippen LogP contribution in [0.25, 0.3) is 10.8 Å². The summed E-state index contributed by atoms with van der Waals surface area (Å²) in [4.78, 5) is 12.3. The summed E-state index contributed by atoms with van der Waals surface area (Å²) in [6.45, 7) is 0. The minimum absolute atomic E-state index is 0.218. The molecule has 0 saturated heterocycles. The van der Waals surface area contributed by atoms with Crippen molar-refractivity contribution >= 4 is 16.7 Å². The lowest BCUT2D eigenvalue weighted by Gasteiger charge is -2.39. The number of nitrogens with one attached hydrogen (secondary N) is 1. The first-order valence-electron chi connectivity index (χ1n) is 11.0. The molecule has 8 heteroatoms. The highest BCUT2D eigenvalue weighted by Gasteiger charge is 2.48. The molecule has 2 N–H and O–H groups in total. The Kier molecular flexibility index (Phi) is 6.90. The minimum Gasteiger partial charge on any atom is -0.497 e. The van der Waals surface area contributed by atoms with E-state index in [1.54, 1.807) is 78.9 Å². The van der Waals surface area contributed by atoms with Crippen LogP contribution in [0.1, 0.15) is 22.7 Å². The molecule has 1 atom stereocenters. The maximum atomic E-state index is 13.5. The number of alkyl halides is 3. The van der Waals surface area contributed by atoms with Gasteiger partial charge in [0.15, 0.2) is 0 Å². The molecular formula is C28H24F3NO4. The minimum atomic E-state index is -5.17. The van der Waals surface area contributed by atoms with Gasteiger partial charge in [-0.15, -0.1) is 0 Å². The number of hydrogen-bond donors (Lipinski definition) is 2. The van der Waals surface area contributed by atoms with Crippen LogP contribution in [0.3, 0.4) is 0 Å². The van der Waals surface area contributed by atoms with Gasteiger partial charge in [-0.05, 0) is 51.7 Å². The molecule has 1 amide bonds. The van der Waals surface area contributed by atoms with Crippen LogP contribution in [0.15, 0.2) is 91.0 Å². The third-order valence-corrected chi connectivity index (χ3v) is 6.10. The van der Waals surface area contributed by atoms with Gasteiger partial charge < -0.3 is 19.9 Å². The van der Waals surface area contributed by atoms with Crippen molar-refractivity contribution in [3.63, 3.8) is 0 Å². The standard InChI is InChI=1S/C28H24F3NO4/c1-35-21-12-6-10-19(16-21)27(34,20-11-7-13-22(17-20)36-2)25(32-26(33)28(29,30)31)24-15-5-9-18-8-3-4-14-23(18)24/h3-17,25,34H,1-2H3,(H,32,33). The summed E-state index contributed by atoms with van der Waals surface area (Å²) in [6.07, 6.45) is -5.17. The number of halogens is 3. The van der Waals surface area contributed by atoms with Crippen LogP contribution in [0.4, 0.5) is 13.2 Å². The number of aliphatic hydroxyl groups is 1. The van der Waals surface area contributed by atoms with Gasteiger partial charge in [-0.2, -0.15) is 13.2 Å². The largest absolute Gasteiger partial charge is 0.497 e. The lowest BCUT2D eigenvalue weighted by atomic mass is 9.76. The fourth-order valence-electron chi connectivity index (χ4n) is 4.34. The van der Waals surface area contributed by atoms with Gasteiger partial charge in [0.1, 0.15) is 17.1 Å². The van der Waals surface area contributed by atoms with Gasteiger partial charge in [0.2, 0.25) is 0 Å². The smallest absolute Gasteiger partial charge is 0.471 e. The number of carbonyl (C=O) groups excluding carboxylic acids is 1. The van der Waals surface area contributed by atoms with Crippen LogP contribution in [-0.2, 0) is 10.4 Å². The number of ether oxygens (including phenoxy) is 2. The summed E-state index contributed by atoms with van der Waals surface area (Å²) in [5, 5.41) is 15.9. The molecule has 0 heterocycles. The fraction of sp³-hybridized carbons (Fsp3) is 0.179. The zero-order valence-electron chi connectivity index (χ0n) is 19.5. The number of fused-ring (bicyclic) bond motifs is 1. The summed E-state index contributed by atoms with van der Waals surface area (Å²) in [6, 6.07) is 23.3. The van der Waals surface area contributed by atoms with Crippen molar-refractivity contribution in [2.45, 2.75) is 17.8 Å². The first-order chi connectivity index (χ1) is 17.2. The van der Waals surface area contributed by atoms with Gasteiger partial charge >= 0.3 is 12.1 Å². The van der Waals surface area contributed by atoms with Crippen molar-refractivity contribution in [2.24, 2.45) is 0 Å². The van der Waals surface area contributed by atoms with E-state index in [1.165, 1.54) is 26.4 Å². The molecule has 0 radical (unpaired) electrons. The predicted octanol–water partition coefficient (Wildman–Crippen LogP) is 5.51. The normalized spacial score (nSPS) is 12.7. The molecule has 36 heavy (non-hydrogen) atoms. The van der Waals surface area contributed by atoms with E-state index in [0.717, 1.165) is 5.39 Å². The van der Waals surface area contributed by atoms with Crippen molar-refractivity contribution < 1.29 is 32.5 Å². The van der Waals surface area contributed by atoms with Crippen molar-refractivity contribution in [1.82, 2.24) is 5.32 Å². The van der Waals surface area contributed by atoms with Crippen LogP contribution in [0.5, 0.6) is 11.5 Å². The Labute approximate surface area is 206 Å². The van der Waals surface area contributed by atoms with Gasteiger partial charge in [0, 0.05) is 0 Å². The molecule has 0 aliphatic rings. The molecular weight excluding hydrogens is 471 g/mol. The average molecular weight is 495 g/mol. The van der Waals surface area contributed by atoms with Crippen LogP contribution in [0, 0.1) is 0 Å². The maximum absolute atomic E-state index is 13.5. The number of carbonyl (C=O) groups is 1. The monoisotopic (exact) mass is 495 g/mol. The Morgan fingerprint density at radius 3 is 1.89 bits per heavy atom. The second-order valence-electron chi connectivity index (χ2n) is 8.20.